The second-order valence-corrected chi connectivity index (χ2v) is 8.00. The standard InChI is InChI=1S/C22H27N3O3/c26-21(20(22(27)28)16-9-4-5-10-16)24-18-11-6-12-19-17(18)13-23-25(19)14-15-7-2-1-3-8-15/h1-3,7-8,13,16,18,20H,4-6,9-12,14H2,(H,24,26)(H,27,28). The van der Waals surface area contributed by atoms with Crippen LogP contribution in [-0.2, 0) is 22.6 Å². The SMILES string of the molecule is O=C(O)C(C(=O)NC1CCCc2c1cnn2Cc1ccccc1)C1CCCC1. The van der Waals surface area contributed by atoms with Crippen LogP contribution >= 0.6 is 0 Å². The van der Waals surface area contributed by atoms with Crippen LogP contribution in [0.3, 0.4) is 0 Å². The molecule has 1 aromatic carbocycles. The number of aliphatic carboxylic acids is 1. The number of aromatic nitrogens is 2. The van der Waals surface area contributed by atoms with E-state index in [2.05, 4.69) is 22.5 Å². The van der Waals surface area contributed by atoms with Gasteiger partial charge in [0.25, 0.3) is 0 Å². The van der Waals surface area contributed by atoms with E-state index in [-0.39, 0.29) is 17.9 Å². The molecule has 2 unspecified atom stereocenters. The smallest absolute Gasteiger partial charge is 0.316 e. The molecule has 0 aliphatic heterocycles. The number of carbonyl (C=O) groups excluding carboxylic acids is 1. The normalized spacial score (nSPS) is 20.5. The van der Waals surface area contributed by atoms with Crippen LogP contribution in [0.2, 0.25) is 0 Å². The van der Waals surface area contributed by atoms with Gasteiger partial charge < -0.3 is 10.4 Å². The maximum absolute atomic E-state index is 12.8. The molecule has 0 bridgehead atoms. The van der Waals surface area contributed by atoms with Crippen molar-refractivity contribution in [1.82, 2.24) is 15.1 Å². The molecular weight excluding hydrogens is 354 g/mol. The highest BCUT2D eigenvalue weighted by Crippen LogP contribution is 2.34. The van der Waals surface area contributed by atoms with E-state index in [1.165, 1.54) is 5.56 Å². The predicted octanol–water partition coefficient (Wildman–Crippen LogP) is 3.32. The Labute approximate surface area is 164 Å². The average Bonchev–Trinajstić information content (AvgIpc) is 3.34. The van der Waals surface area contributed by atoms with E-state index in [0.717, 1.165) is 56.2 Å². The van der Waals surface area contributed by atoms with Crippen LogP contribution < -0.4 is 5.32 Å². The first kappa shape index (κ1) is 18.7. The highest BCUT2D eigenvalue weighted by molar-refractivity contribution is 5.97. The number of fused-ring (bicyclic) bond motifs is 1. The van der Waals surface area contributed by atoms with Crippen LogP contribution in [-0.4, -0.2) is 26.8 Å². The molecule has 1 aromatic heterocycles. The summed E-state index contributed by atoms with van der Waals surface area (Å²) in [6.07, 6.45) is 8.24. The van der Waals surface area contributed by atoms with E-state index in [1.807, 2.05) is 29.1 Å². The number of amides is 1. The van der Waals surface area contributed by atoms with Crippen LogP contribution in [0.1, 0.15) is 61.4 Å². The lowest BCUT2D eigenvalue weighted by Crippen LogP contribution is -2.41. The first-order valence-electron chi connectivity index (χ1n) is 10.2. The summed E-state index contributed by atoms with van der Waals surface area (Å²) in [6.45, 7) is 0.705. The number of carbonyl (C=O) groups is 2. The molecule has 2 aliphatic carbocycles. The summed E-state index contributed by atoms with van der Waals surface area (Å²) in [4.78, 5) is 24.6. The van der Waals surface area contributed by atoms with Crippen molar-refractivity contribution >= 4 is 11.9 Å². The first-order valence-corrected chi connectivity index (χ1v) is 10.2. The Balaban J connectivity index is 1.50. The number of benzene rings is 1. The van der Waals surface area contributed by atoms with E-state index in [4.69, 9.17) is 0 Å². The van der Waals surface area contributed by atoms with Crippen LogP contribution in [0.4, 0.5) is 0 Å². The van der Waals surface area contributed by atoms with E-state index in [0.29, 0.717) is 6.54 Å². The van der Waals surface area contributed by atoms with Crippen molar-refractivity contribution in [3.8, 4) is 0 Å². The summed E-state index contributed by atoms with van der Waals surface area (Å²) in [5, 5.41) is 17.2. The Morgan fingerprint density at radius 3 is 2.61 bits per heavy atom. The van der Waals surface area contributed by atoms with E-state index in [9.17, 15) is 14.7 Å². The third kappa shape index (κ3) is 3.81. The van der Waals surface area contributed by atoms with Crippen LogP contribution in [0.15, 0.2) is 36.5 Å². The first-order chi connectivity index (χ1) is 13.6. The molecule has 0 spiro atoms. The molecule has 1 fully saturated rings. The third-order valence-corrected chi connectivity index (χ3v) is 6.17. The zero-order valence-electron chi connectivity index (χ0n) is 16.0. The average molecular weight is 381 g/mol. The summed E-state index contributed by atoms with van der Waals surface area (Å²) >= 11 is 0. The number of nitrogens with one attached hydrogen (secondary N) is 1. The van der Waals surface area contributed by atoms with Gasteiger partial charge in [-0.15, -0.1) is 0 Å². The summed E-state index contributed by atoms with van der Waals surface area (Å²) in [7, 11) is 0. The molecular formula is C22H27N3O3. The zero-order valence-corrected chi connectivity index (χ0v) is 16.0. The second-order valence-electron chi connectivity index (χ2n) is 8.00. The van der Waals surface area contributed by atoms with Crippen LogP contribution in [0.5, 0.6) is 0 Å². The van der Waals surface area contributed by atoms with Gasteiger partial charge in [0.05, 0.1) is 18.8 Å². The minimum absolute atomic E-state index is 0.0404. The quantitative estimate of drug-likeness (QED) is 0.752. The Morgan fingerprint density at radius 2 is 1.89 bits per heavy atom. The monoisotopic (exact) mass is 381 g/mol. The fourth-order valence-corrected chi connectivity index (χ4v) is 4.74. The van der Waals surface area contributed by atoms with E-state index >= 15 is 0 Å². The fraction of sp³-hybridized carbons (Fsp3) is 0.500. The molecule has 1 saturated carbocycles. The van der Waals surface area contributed by atoms with Crippen molar-refractivity contribution < 1.29 is 14.7 Å². The molecule has 6 heteroatoms. The summed E-state index contributed by atoms with van der Waals surface area (Å²) in [5.41, 5.74) is 3.37. The van der Waals surface area contributed by atoms with Crippen molar-refractivity contribution in [2.24, 2.45) is 11.8 Å². The van der Waals surface area contributed by atoms with Gasteiger partial charge in [-0.05, 0) is 43.6 Å². The lowest BCUT2D eigenvalue weighted by atomic mass is 9.88. The second kappa shape index (κ2) is 8.17. The highest BCUT2D eigenvalue weighted by Gasteiger charge is 2.38. The molecule has 2 N–H and O–H groups in total. The van der Waals surface area contributed by atoms with Crippen molar-refractivity contribution in [1.29, 1.82) is 0 Å². The lowest BCUT2D eigenvalue weighted by molar-refractivity contribution is -0.149. The van der Waals surface area contributed by atoms with Crippen molar-refractivity contribution in [2.45, 2.75) is 57.5 Å². The predicted molar refractivity (Wildman–Crippen MR) is 105 cm³/mol. The van der Waals surface area contributed by atoms with Gasteiger partial charge in [0, 0.05) is 11.3 Å². The topological polar surface area (TPSA) is 84.2 Å². The van der Waals surface area contributed by atoms with Gasteiger partial charge in [-0.25, -0.2) is 0 Å². The van der Waals surface area contributed by atoms with E-state index in [1.54, 1.807) is 0 Å². The Morgan fingerprint density at radius 1 is 1.14 bits per heavy atom. The number of nitrogens with zero attached hydrogens (tertiary/aromatic N) is 2. The highest BCUT2D eigenvalue weighted by atomic mass is 16.4. The largest absolute Gasteiger partial charge is 0.481 e. The molecule has 1 amide bonds. The fourth-order valence-electron chi connectivity index (χ4n) is 4.74. The summed E-state index contributed by atoms with van der Waals surface area (Å²) < 4.78 is 2.01. The minimum Gasteiger partial charge on any atom is -0.481 e. The summed E-state index contributed by atoms with van der Waals surface area (Å²) in [5.74, 6) is -2.32. The van der Waals surface area contributed by atoms with Crippen molar-refractivity contribution in [3.63, 3.8) is 0 Å². The molecule has 2 aliphatic rings. The van der Waals surface area contributed by atoms with Gasteiger partial charge in [0.1, 0.15) is 5.92 Å². The zero-order chi connectivity index (χ0) is 19.5. The van der Waals surface area contributed by atoms with Gasteiger partial charge in [-0.1, -0.05) is 43.2 Å². The van der Waals surface area contributed by atoms with Gasteiger partial charge >= 0.3 is 5.97 Å². The Kier molecular flexibility index (Phi) is 5.46. The van der Waals surface area contributed by atoms with Crippen molar-refractivity contribution in [3.05, 3.63) is 53.3 Å². The Bertz CT molecular complexity index is 840. The molecule has 28 heavy (non-hydrogen) atoms. The molecule has 0 saturated heterocycles. The van der Waals surface area contributed by atoms with Gasteiger partial charge in [0.15, 0.2) is 0 Å². The number of carboxylic acids is 1. The van der Waals surface area contributed by atoms with Crippen LogP contribution in [0, 0.1) is 11.8 Å². The molecule has 4 rings (SSSR count). The van der Waals surface area contributed by atoms with Gasteiger partial charge in [-0.3, -0.25) is 14.3 Å². The Hall–Kier alpha value is -2.63. The maximum Gasteiger partial charge on any atom is 0.316 e. The molecule has 2 aromatic rings. The molecule has 2 atom stereocenters. The molecule has 0 radical (unpaired) electrons. The van der Waals surface area contributed by atoms with Gasteiger partial charge in [0.2, 0.25) is 5.91 Å². The van der Waals surface area contributed by atoms with Crippen LogP contribution in [0.25, 0.3) is 0 Å². The minimum atomic E-state index is -1.000. The number of rotatable bonds is 6. The van der Waals surface area contributed by atoms with Crippen molar-refractivity contribution in [2.75, 3.05) is 0 Å². The summed E-state index contributed by atoms with van der Waals surface area (Å²) in [6, 6.07) is 10.0. The molecule has 1 heterocycles. The number of carboxylic acid groups (broad SMARTS) is 1. The van der Waals surface area contributed by atoms with E-state index < -0.39 is 11.9 Å². The third-order valence-electron chi connectivity index (χ3n) is 6.17. The molecule has 148 valence electrons. The number of hydrogen-bond acceptors (Lipinski definition) is 3. The van der Waals surface area contributed by atoms with Gasteiger partial charge in [-0.2, -0.15) is 5.10 Å². The maximum atomic E-state index is 12.8. The number of hydrogen-bond donors (Lipinski definition) is 2. The lowest BCUT2D eigenvalue weighted by Gasteiger charge is -2.27. The molecule has 6 nitrogen and oxygen atoms in total.